The van der Waals surface area contributed by atoms with E-state index in [2.05, 4.69) is 5.32 Å². The molecule has 0 heterocycles. The number of halogens is 2. The number of para-hydroxylation sites is 1. The van der Waals surface area contributed by atoms with Crippen molar-refractivity contribution < 1.29 is 14.5 Å². The smallest absolute Gasteiger partial charge is 0.282 e. The van der Waals surface area contributed by atoms with Gasteiger partial charge in [-0.3, -0.25) is 14.9 Å². The van der Waals surface area contributed by atoms with Crippen molar-refractivity contribution in [1.29, 1.82) is 0 Å². The Labute approximate surface area is 135 Å². The van der Waals surface area contributed by atoms with E-state index in [-0.39, 0.29) is 27.0 Å². The summed E-state index contributed by atoms with van der Waals surface area (Å²) in [6.07, 6.45) is 0. The topological polar surface area (TPSA) is 81.5 Å². The van der Waals surface area contributed by atoms with Crippen LogP contribution < -0.4 is 10.1 Å². The number of rotatable bonds is 4. The number of hydrogen-bond acceptors (Lipinski definition) is 4. The Hall–Kier alpha value is -2.31. The minimum atomic E-state index is -0.654. The normalized spacial score (nSPS) is 10.1. The summed E-state index contributed by atoms with van der Waals surface area (Å²) in [5.74, 6) is -0.331. The number of carbonyl (C=O) groups is 1. The number of amides is 1. The predicted octanol–water partition coefficient (Wildman–Crippen LogP) is 4.16. The molecule has 0 radical (unpaired) electrons. The molecule has 0 bridgehead atoms. The van der Waals surface area contributed by atoms with Gasteiger partial charge in [0.15, 0.2) is 0 Å². The summed E-state index contributed by atoms with van der Waals surface area (Å²) >= 11 is 11.9. The lowest BCUT2D eigenvalue weighted by molar-refractivity contribution is -0.385. The fourth-order valence-corrected chi connectivity index (χ4v) is 2.30. The molecule has 6 nitrogen and oxygen atoms in total. The minimum absolute atomic E-state index is 0.0718. The van der Waals surface area contributed by atoms with Crippen LogP contribution in [-0.2, 0) is 0 Å². The summed E-state index contributed by atoms with van der Waals surface area (Å²) in [6, 6.07) is 8.47. The zero-order chi connectivity index (χ0) is 16.3. The first-order chi connectivity index (χ1) is 10.4. The van der Waals surface area contributed by atoms with E-state index >= 15 is 0 Å². The molecule has 0 saturated heterocycles. The highest BCUT2D eigenvalue weighted by Gasteiger charge is 2.20. The van der Waals surface area contributed by atoms with Crippen LogP contribution in [0.2, 0.25) is 10.0 Å². The molecule has 1 N–H and O–H groups in total. The van der Waals surface area contributed by atoms with Crippen molar-refractivity contribution in [2.45, 2.75) is 0 Å². The maximum atomic E-state index is 12.2. The first-order valence-electron chi connectivity index (χ1n) is 6.02. The highest BCUT2D eigenvalue weighted by molar-refractivity contribution is 6.37. The van der Waals surface area contributed by atoms with Crippen molar-refractivity contribution in [2.24, 2.45) is 0 Å². The van der Waals surface area contributed by atoms with Gasteiger partial charge < -0.3 is 10.1 Å². The molecule has 22 heavy (non-hydrogen) atoms. The quantitative estimate of drug-likeness (QED) is 0.669. The summed E-state index contributed by atoms with van der Waals surface area (Å²) < 4.78 is 5.04. The number of nitrogens with zero attached hydrogens (tertiary/aromatic N) is 1. The van der Waals surface area contributed by atoms with Gasteiger partial charge in [0.05, 0.1) is 27.8 Å². The van der Waals surface area contributed by atoms with Gasteiger partial charge >= 0.3 is 0 Å². The lowest BCUT2D eigenvalue weighted by Crippen LogP contribution is -2.14. The fraction of sp³-hybridized carbons (Fsp3) is 0.0714. The second-order valence-corrected chi connectivity index (χ2v) is 5.01. The Balaban J connectivity index is 2.36. The second kappa shape index (κ2) is 6.64. The van der Waals surface area contributed by atoms with Crippen LogP contribution >= 0.6 is 23.2 Å². The van der Waals surface area contributed by atoms with Crippen LogP contribution in [0.5, 0.6) is 5.75 Å². The van der Waals surface area contributed by atoms with Crippen molar-refractivity contribution in [3.05, 3.63) is 62.1 Å². The highest BCUT2D eigenvalue weighted by Crippen LogP contribution is 2.34. The van der Waals surface area contributed by atoms with Crippen molar-refractivity contribution >= 4 is 40.5 Å². The molecule has 114 valence electrons. The molecule has 0 saturated carbocycles. The zero-order valence-corrected chi connectivity index (χ0v) is 12.8. The molecule has 0 aliphatic rings. The molecule has 0 aromatic heterocycles. The summed E-state index contributed by atoms with van der Waals surface area (Å²) in [4.78, 5) is 22.6. The number of anilines is 1. The van der Waals surface area contributed by atoms with E-state index in [0.717, 1.165) is 0 Å². The number of hydrogen-bond donors (Lipinski definition) is 1. The van der Waals surface area contributed by atoms with Gasteiger partial charge in [0, 0.05) is 12.1 Å². The van der Waals surface area contributed by atoms with Gasteiger partial charge in [0.2, 0.25) is 0 Å². The largest absolute Gasteiger partial charge is 0.495 e. The first kappa shape index (κ1) is 16.1. The third-order valence-corrected chi connectivity index (χ3v) is 3.44. The van der Waals surface area contributed by atoms with Gasteiger partial charge in [-0.25, -0.2) is 0 Å². The number of nitro benzene ring substituents is 1. The van der Waals surface area contributed by atoms with Gasteiger partial charge in [-0.05, 0) is 12.1 Å². The van der Waals surface area contributed by atoms with Crippen molar-refractivity contribution in [1.82, 2.24) is 0 Å². The van der Waals surface area contributed by atoms with Gasteiger partial charge in [0.25, 0.3) is 11.6 Å². The van der Waals surface area contributed by atoms with Crippen LogP contribution in [-0.4, -0.2) is 17.9 Å². The third kappa shape index (κ3) is 3.29. The van der Waals surface area contributed by atoms with Crippen LogP contribution in [0.15, 0.2) is 36.4 Å². The van der Waals surface area contributed by atoms with E-state index < -0.39 is 10.8 Å². The molecule has 0 fully saturated rings. The Bertz CT molecular complexity index is 750. The molecule has 8 heteroatoms. The Morgan fingerprint density at radius 3 is 2.55 bits per heavy atom. The Morgan fingerprint density at radius 2 is 1.91 bits per heavy atom. The zero-order valence-electron chi connectivity index (χ0n) is 11.3. The van der Waals surface area contributed by atoms with Crippen molar-refractivity contribution in [3.63, 3.8) is 0 Å². The molecule has 0 aliphatic carbocycles. The average molecular weight is 341 g/mol. The first-order valence-corrected chi connectivity index (χ1v) is 6.77. The minimum Gasteiger partial charge on any atom is -0.495 e. The number of benzene rings is 2. The van der Waals surface area contributed by atoms with E-state index in [1.807, 2.05) is 0 Å². The van der Waals surface area contributed by atoms with E-state index in [0.29, 0.717) is 5.75 Å². The van der Waals surface area contributed by atoms with E-state index in [1.165, 1.54) is 43.5 Å². The third-order valence-electron chi connectivity index (χ3n) is 2.84. The Morgan fingerprint density at radius 1 is 1.23 bits per heavy atom. The van der Waals surface area contributed by atoms with Gasteiger partial charge in [-0.15, -0.1) is 0 Å². The molecule has 0 atom stereocenters. The van der Waals surface area contributed by atoms with Crippen LogP contribution in [0, 0.1) is 10.1 Å². The maximum absolute atomic E-state index is 12.2. The molecule has 1 amide bonds. The van der Waals surface area contributed by atoms with E-state index in [1.54, 1.807) is 0 Å². The summed E-state index contributed by atoms with van der Waals surface area (Å²) in [7, 11) is 1.42. The van der Waals surface area contributed by atoms with Crippen LogP contribution in [0.1, 0.15) is 10.4 Å². The second-order valence-electron chi connectivity index (χ2n) is 4.19. The molecule has 2 rings (SSSR count). The summed E-state index contributed by atoms with van der Waals surface area (Å²) in [6.45, 7) is 0. The SMILES string of the molecule is COc1cc(NC(=O)c2ccccc2[N+](=O)[O-])c(Cl)cc1Cl. The number of nitro groups is 1. The van der Waals surface area contributed by atoms with Crippen LogP contribution in [0.4, 0.5) is 11.4 Å². The molecular formula is C14H10Cl2N2O4. The van der Waals surface area contributed by atoms with E-state index in [4.69, 9.17) is 27.9 Å². The molecule has 2 aromatic rings. The van der Waals surface area contributed by atoms with Crippen LogP contribution in [0.3, 0.4) is 0 Å². The lowest BCUT2D eigenvalue weighted by Gasteiger charge is -2.10. The molecule has 0 spiro atoms. The van der Waals surface area contributed by atoms with Crippen LogP contribution in [0.25, 0.3) is 0 Å². The van der Waals surface area contributed by atoms with Crippen molar-refractivity contribution in [3.8, 4) is 5.75 Å². The average Bonchev–Trinajstić information content (AvgIpc) is 2.49. The fourth-order valence-electron chi connectivity index (χ4n) is 1.80. The molecular weight excluding hydrogens is 331 g/mol. The molecule has 0 unspecified atom stereocenters. The maximum Gasteiger partial charge on any atom is 0.282 e. The number of carbonyl (C=O) groups excluding carboxylic acids is 1. The summed E-state index contributed by atoms with van der Waals surface area (Å²) in [5, 5.41) is 13.9. The highest BCUT2D eigenvalue weighted by atomic mass is 35.5. The summed E-state index contributed by atoms with van der Waals surface area (Å²) in [5.41, 5.74) is -0.124. The molecule has 2 aromatic carbocycles. The monoisotopic (exact) mass is 340 g/mol. The number of nitrogens with one attached hydrogen (secondary N) is 1. The standard InChI is InChI=1S/C14H10Cl2N2O4/c1-22-13-7-11(9(15)6-10(13)16)17-14(19)8-4-2-3-5-12(8)18(20)21/h2-7H,1H3,(H,17,19). The van der Waals surface area contributed by atoms with Gasteiger partial charge in [0.1, 0.15) is 11.3 Å². The number of methoxy groups -OCH3 is 1. The van der Waals surface area contributed by atoms with Gasteiger partial charge in [-0.2, -0.15) is 0 Å². The Kier molecular flexibility index (Phi) is 4.85. The number of ether oxygens (including phenoxy) is 1. The van der Waals surface area contributed by atoms with Gasteiger partial charge in [-0.1, -0.05) is 35.3 Å². The van der Waals surface area contributed by atoms with Crippen molar-refractivity contribution in [2.75, 3.05) is 12.4 Å². The lowest BCUT2D eigenvalue weighted by atomic mass is 10.1. The van der Waals surface area contributed by atoms with E-state index in [9.17, 15) is 14.9 Å². The predicted molar refractivity (Wildman–Crippen MR) is 84.1 cm³/mol. The molecule has 0 aliphatic heterocycles.